The third kappa shape index (κ3) is 4.50. The number of hydrogen-bond donors (Lipinski definition) is 0. The van der Waals surface area contributed by atoms with E-state index < -0.39 is 0 Å². The Morgan fingerprint density at radius 3 is 1.21 bits per heavy atom. The molecule has 0 spiro atoms. The molecule has 0 heteroatoms. The van der Waals surface area contributed by atoms with Gasteiger partial charge < -0.3 is 0 Å². The largest absolute Gasteiger partial charge is 0.0588 e. The van der Waals surface area contributed by atoms with Gasteiger partial charge in [-0.15, -0.1) is 0 Å². The maximum absolute atomic E-state index is 2.41. The normalized spacial score (nSPS) is 12.5. The van der Waals surface area contributed by atoms with Crippen LogP contribution >= 0.6 is 0 Å². The van der Waals surface area contributed by atoms with Gasteiger partial charge in [-0.1, -0.05) is 77.9 Å². The van der Waals surface area contributed by atoms with Gasteiger partial charge in [-0.2, -0.15) is 0 Å². The third-order valence-electron chi connectivity index (χ3n) is 5.09. The van der Waals surface area contributed by atoms with Crippen LogP contribution in [0, 0.1) is 13.8 Å². The zero-order valence-electron chi connectivity index (χ0n) is 16.9. The highest BCUT2D eigenvalue weighted by atomic mass is 14.2. The first-order valence-electron chi connectivity index (χ1n) is 9.18. The van der Waals surface area contributed by atoms with Crippen LogP contribution in [0.3, 0.4) is 0 Å². The van der Waals surface area contributed by atoms with Crippen molar-refractivity contribution in [1.29, 1.82) is 0 Å². The Morgan fingerprint density at radius 1 is 0.583 bits per heavy atom. The summed E-state index contributed by atoms with van der Waals surface area (Å²) in [5.41, 5.74) is 9.09. The Bertz CT molecular complexity index is 642. The second-order valence-corrected chi connectivity index (χ2v) is 9.28. The Hall–Kier alpha value is -1.56. The second kappa shape index (κ2) is 6.75. The summed E-state index contributed by atoms with van der Waals surface area (Å²) >= 11 is 0. The highest BCUT2D eigenvalue weighted by Crippen LogP contribution is 2.27. The molecule has 130 valence electrons. The highest BCUT2D eigenvalue weighted by molar-refractivity contribution is 5.38. The van der Waals surface area contributed by atoms with Crippen LogP contribution < -0.4 is 0 Å². The van der Waals surface area contributed by atoms with Crippen molar-refractivity contribution in [3.05, 3.63) is 69.8 Å². The van der Waals surface area contributed by atoms with E-state index in [0.29, 0.717) is 0 Å². The van der Waals surface area contributed by atoms with Crippen LogP contribution in [0.25, 0.3) is 0 Å². The molecule has 0 saturated carbocycles. The van der Waals surface area contributed by atoms with Crippen LogP contribution in [-0.2, 0) is 23.7 Å². The topological polar surface area (TPSA) is 0 Å². The maximum Gasteiger partial charge on any atom is -0.0132 e. The van der Waals surface area contributed by atoms with E-state index in [-0.39, 0.29) is 10.8 Å². The van der Waals surface area contributed by atoms with Crippen LogP contribution in [0.2, 0.25) is 0 Å². The molecule has 0 fully saturated rings. The summed E-state index contributed by atoms with van der Waals surface area (Å²) in [5.74, 6) is 0. The molecule has 0 unspecified atom stereocenters. The van der Waals surface area contributed by atoms with Crippen molar-refractivity contribution in [1.82, 2.24) is 0 Å². The molecule has 2 aromatic carbocycles. The second-order valence-electron chi connectivity index (χ2n) is 9.28. The molecule has 0 nitrogen and oxygen atoms in total. The van der Waals surface area contributed by atoms with Crippen LogP contribution in [0.1, 0.15) is 74.9 Å². The number of hydrogen-bond acceptors (Lipinski definition) is 0. The van der Waals surface area contributed by atoms with Crippen molar-refractivity contribution in [2.75, 3.05) is 0 Å². The number of aryl methyl sites for hydroxylation is 4. The minimum absolute atomic E-state index is 0.213. The molecule has 0 aliphatic rings. The fourth-order valence-corrected chi connectivity index (χ4v) is 3.08. The summed E-state index contributed by atoms with van der Waals surface area (Å²) in [7, 11) is 0. The van der Waals surface area contributed by atoms with E-state index in [1.165, 1.54) is 33.4 Å². The maximum atomic E-state index is 2.41. The summed E-state index contributed by atoms with van der Waals surface area (Å²) in [6.45, 7) is 18.2. The van der Waals surface area contributed by atoms with Crippen LogP contribution in [0.5, 0.6) is 0 Å². The molecule has 24 heavy (non-hydrogen) atoms. The quantitative estimate of drug-likeness (QED) is 0.591. The lowest BCUT2D eigenvalue weighted by Gasteiger charge is -2.22. The molecule has 0 N–H and O–H groups in total. The van der Waals surface area contributed by atoms with Crippen LogP contribution in [0.15, 0.2) is 36.4 Å². The van der Waals surface area contributed by atoms with E-state index in [2.05, 4.69) is 91.8 Å². The summed E-state index contributed by atoms with van der Waals surface area (Å²) in [5, 5.41) is 0. The van der Waals surface area contributed by atoms with Gasteiger partial charge >= 0.3 is 0 Å². The molecule has 0 saturated heterocycles. The molecule has 0 heterocycles. The van der Waals surface area contributed by atoms with Crippen LogP contribution in [0.4, 0.5) is 0 Å². The monoisotopic (exact) mass is 322 g/mol. The fourth-order valence-electron chi connectivity index (χ4n) is 3.08. The minimum Gasteiger partial charge on any atom is -0.0588 e. The molecular formula is C24H34. The Kier molecular flexibility index (Phi) is 5.28. The first-order chi connectivity index (χ1) is 11.0. The standard InChI is InChI=1S/C24H34/c1-17-9-13-21(23(3,4)5)15-19(17)11-12-20-16-22(24(6,7)8)14-10-18(20)2/h9-10,13-16H,11-12H2,1-8H3. The number of benzene rings is 2. The van der Waals surface area contributed by atoms with Crippen molar-refractivity contribution < 1.29 is 0 Å². The van der Waals surface area contributed by atoms with Crippen molar-refractivity contribution in [3.8, 4) is 0 Å². The average molecular weight is 323 g/mol. The lowest BCUT2D eigenvalue weighted by atomic mass is 9.83. The molecule has 2 rings (SSSR count). The van der Waals surface area contributed by atoms with E-state index in [0.717, 1.165) is 12.8 Å². The highest BCUT2D eigenvalue weighted by Gasteiger charge is 2.16. The third-order valence-corrected chi connectivity index (χ3v) is 5.09. The van der Waals surface area contributed by atoms with E-state index in [9.17, 15) is 0 Å². The van der Waals surface area contributed by atoms with Gasteiger partial charge in [0, 0.05) is 0 Å². The smallest absolute Gasteiger partial charge is 0.0132 e. The van der Waals surface area contributed by atoms with E-state index in [4.69, 9.17) is 0 Å². The summed E-state index contributed by atoms with van der Waals surface area (Å²) < 4.78 is 0. The molecule has 0 aliphatic heterocycles. The zero-order chi connectivity index (χ0) is 18.1. The van der Waals surface area contributed by atoms with Crippen molar-refractivity contribution in [2.45, 2.75) is 79.1 Å². The van der Waals surface area contributed by atoms with E-state index >= 15 is 0 Å². The van der Waals surface area contributed by atoms with Gasteiger partial charge in [0.05, 0.1) is 0 Å². The summed E-state index contributed by atoms with van der Waals surface area (Å²) in [6.07, 6.45) is 2.23. The lowest BCUT2D eigenvalue weighted by Crippen LogP contribution is -2.13. The van der Waals surface area contributed by atoms with E-state index in [1.54, 1.807) is 0 Å². The fraction of sp³-hybridized carbons (Fsp3) is 0.500. The minimum atomic E-state index is 0.213. The van der Waals surface area contributed by atoms with Gasteiger partial charge in [-0.05, 0) is 70.9 Å². The van der Waals surface area contributed by atoms with Gasteiger partial charge in [0.25, 0.3) is 0 Å². The lowest BCUT2D eigenvalue weighted by molar-refractivity contribution is 0.587. The first kappa shape index (κ1) is 18.8. The Balaban J connectivity index is 2.25. The van der Waals surface area contributed by atoms with Gasteiger partial charge in [0.1, 0.15) is 0 Å². The SMILES string of the molecule is Cc1ccc(C(C)(C)C)cc1CCc1cc(C(C)(C)C)ccc1C. The molecule has 0 atom stereocenters. The molecule has 2 aromatic rings. The van der Waals surface area contributed by atoms with Crippen molar-refractivity contribution in [2.24, 2.45) is 0 Å². The van der Waals surface area contributed by atoms with Gasteiger partial charge in [-0.25, -0.2) is 0 Å². The van der Waals surface area contributed by atoms with Crippen molar-refractivity contribution >= 4 is 0 Å². The molecule has 0 amide bonds. The average Bonchev–Trinajstić information content (AvgIpc) is 2.45. The molecule has 0 bridgehead atoms. The van der Waals surface area contributed by atoms with Crippen LogP contribution in [-0.4, -0.2) is 0 Å². The molecule has 0 aliphatic carbocycles. The Labute approximate surface area is 149 Å². The van der Waals surface area contributed by atoms with Gasteiger partial charge in [0.2, 0.25) is 0 Å². The predicted octanol–water partition coefficient (Wildman–Crippen LogP) is 6.68. The summed E-state index contributed by atoms with van der Waals surface area (Å²) in [6, 6.07) is 14.0. The first-order valence-corrected chi connectivity index (χ1v) is 9.18. The molecule has 0 aromatic heterocycles. The van der Waals surface area contributed by atoms with Crippen molar-refractivity contribution in [3.63, 3.8) is 0 Å². The zero-order valence-corrected chi connectivity index (χ0v) is 16.9. The predicted molar refractivity (Wildman–Crippen MR) is 107 cm³/mol. The van der Waals surface area contributed by atoms with E-state index in [1.807, 2.05) is 0 Å². The number of rotatable bonds is 3. The molecular weight excluding hydrogens is 288 g/mol. The molecule has 0 radical (unpaired) electrons. The summed E-state index contributed by atoms with van der Waals surface area (Å²) in [4.78, 5) is 0. The van der Waals surface area contributed by atoms with Gasteiger partial charge in [-0.3, -0.25) is 0 Å². The Morgan fingerprint density at radius 2 is 0.917 bits per heavy atom. The van der Waals surface area contributed by atoms with Gasteiger partial charge in [0.15, 0.2) is 0 Å².